The Kier molecular flexibility index (Phi) is 6.93. The van der Waals surface area contributed by atoms with Crippen LogP contribution < -0.4 is 14.9 Å². The molecule has 0 unspecified atom stereocenters. The first-order valence-corrected chi connectivity index (χ1v) is 11.3. The molecule has 0 aliphatic rings. The summed E-state index contributed by atoms with van der Waals surface area (Å²) in [7, 11) is 0. The van der Waals surface area contributed by atoms with Crippen molar-refractivity contribution in [3.63, 3.8) is 0 Å². The van der Waals surface area contributed by atoms with E-state index < -0.39 is 5.97 Å². The van der Waals surface area contributed by atoms with Crippen molar-refractivity contribution in [2.45, 2.75) is 33.1 Å². The second-order valence-corrected chi connectivity index (χ2v) is 8.23. The number of hydrogen-bond donors (Lipinski definition) is 0. The molecule has 0 bridgehead atoms. The fourth-order valence-electron chi connectivity index (χ4n) is 3.55. The number of ether oxygens (including phenoxy) is 2. The molecule has 0 atom stereocenters. The lowest BCUT2D eigenvalue weighted by Crippen LogP contribution is -2.07. The molecule has 0 saturated heterocycles. The van der Waals surface area contributed by atoms with E-state index in [1.54, 1.807) is 18.2 Å². The van der Waals surface area contributed by atoms with Gasteiger partial charge in [0.15, 0.2) is 0 Å². The summed E-state index contributed by atoms with van der Waals surface area (Å²) >= 11 is 0. The number of fused-ring (bicyclic) bond motifs is 1. The lowest BCUT2D eigenvalue weighted by molar-refractivity contribution is -0.128. The number of benzene rings is 3. The monoisotopic (exact) mass is 454 g/mol. The van der Waals surface area contributed by atoms with Gasteiger partial charge in [-0.05, 0) is 53.3 Å². The lowest BCUT2D eigenvalue weighted by Gasteiger charge is -2.09. The number of carbonyl (C=O) groups excluding carboxylic acids is 1. The van der Waals surface area contributed by atoms with Gasteiger partial charge in [0, 0.05) is 12.1 Å². The van der Waals surface area contributed by atoms with Crippen LogP contribution in [0.1, 0.15) is 43.4 Å². The van der Waals surface area contributed by atoms with Crippen LogP contribution in [0.25, 0.3) is 17.0 Å². The fraction of sp³-hybridized carbons (Fsp3) is 0.172. The fourth-order valence-corrected chi connectivity index (χ4v) is 3.55. The molecule has 5 nitrogen and oxygen atoms in total. The van der Waals surface area contributed by atoms with E-state index in [2.05, 4.69) is 13.8 Å². The van der Waals surface area contributed by atoms with Crippen molar-refractivity contribution in [1.82, 2.24) is 0 Å². The molecule has 4 aromatic rings. The third-order valence-electron chi connectivity index (χ3n) is 5.52. The molecule has 0 aliphatic heterocycles. The molecule has 1 heterocycles. The normalized spacial score (nSPS) is 11.3. The summed E-state index contributed by atoms with van der Waals surface area (Å²) in [5, 5.41) is 0.340. The number of para-hydroxylation sites is 1. The quantitative estimate of drug-likeness (QED) is 0.173. The van der Waals surface area contributed by atoms with Gasteiger partial charge in [-0.2, -0.15) is 0 Å². The van der Waals surface area contributed by atoms with Crippen molar-refractivity contribution in [1.29, 1.82) is 0 Å². The summed E-state index contributed by atoms with van der Waals surface area (Å²) < 4.78 is 16.8. The third-order valence-corrected chi connectivity index (χ3v) is 5.52. The van der Waals surface area contributed by atoms with Gasteiger partial charge >= 0.3 is 5.97 Å². The van der Waals surface area contributed by atoms with E-state index in [0.29, 0.717) is 22.6 Å². The molecule has 0 spiro atoms. The van der Waals surface area contributed by atoms with Crippen molar-refractivity contribution in [2.75, 3.05) is 0 Å². The number of esters is 1. The lowest BCUT2D eigenvalue weighted by atomic mass is 10.0. The maximum atomic E-state index is 12.9. The van der Waals surface area contributed by atoms with Crippen LogP contribution in [-0.2, 0) is 11.2 Å². The van der Waals surface area contributed by atoms with E-state index in [4.69, 9.17) is 13.9 Å². The third kappa shape index (κ3) is 5.26. The topological polar surface area (TPSA) is 65.7 Å². The van der Waals surface area contributed by atoms with Gasteiger partial charge in [-0.1, -0.05) is 63.2 Å². The average molecular weight is 455 g/mol. The van der Waals surface area contributed by atoms with Gasteiger partial charge < -0.3 is 13.9 Å². The van der Waals surface area contributed by atoms with Gasteiger partial charge in [-0.3, -0.25) is 4.79 Å². The second-order valence-electron chi connectivity index (χ2n) is 8.23. The summed E-state index contributed by atoms with van der Waals surface area (Å²) in [4.78, 5) is 25.1. The summed E-state index contributed by atoms with van der Waals surface area (Å²) in [6.45, 7) is 6.28. The Balaban J connectivity index is 1.48. The maximum Gasteiger partial charge on any atom is 0.336 e. The van der Waals surface area contributed by atoms with Crippen LogP contribution in [0, 0.1) is 0 Å². The van der Waals surface area contributed by atoms with Gasteiger partial charge in [-0.25, -0.2) is 4.79 Å². The minimum Gasteiger partial charge on any atom is -0.460 e. The molecule has 34 heavy (non-hydrogen) atoms. The van der Waals surface area contributed by atoms with E-state index in [-0.39, 0.29) is 16.9 Å². The van der Waals surface area contributed by atoms with Crippen molar-refractivity contribution >= 4 is 23.0 Å². The number of carbonyl (C=O) groups is 1. The highest BCUT2D eigenvalue weighted by Crippen LogP contribution is 2.26. The Hall–Kier alpha value is -4.12. The minimum absolute atomic E-state index is 0.101. The Morgan fingerprint density at radius 2 is 1.76 bits per heavy atom. The second kappa shape index (κ2) is 10.2. The van der Waals surface area contributed by atoms with Crippen molar-refractivity contribution in [3.05, 3.63) is 106 Å². The van der Waals surface area contributed by atoms with E-state index in [1.165, 1.54) is 24.0 Å². The highest BCUT2D eigenvalue weighted by molar-refractivity contribution is 5.89. The zero-order valence-electron chi connectivity index (χ0n) is 19.4. The highest BCUT2D eigenvalue weighted by atomic mass is 16.5. The Labute approximate surface area is 198 Å². The van der Waals surface area contributed by atoms with Crippen LogP contribution in [-0.4, -0.2) is 5.97 Å². The Bertz CT molecular complexity index is 1390. The van der Waals surface area contributed by atoms with Gasteiger partial charge in [0.05, 0.1) is 5.39 Å². The smallest absolute Gasteiger partial charge is 0.336 e. The Morgan fingerprint density at radius 3 is 2.50 bits per heavy atom. The van der Waals surface area contributed by atoms with E-state index in [0.717, 1.165) is 17.5 Å². The molecule has 1 aromatic heterocycles. The molecule has 0 amide bonds. The molecule has 0 fully saturated rings. The van der Waals surface area contributed by atoms with Crippen molar-refractivity contribution in [2.24, 2.45) is 0 Å². The highest BCUT2D eigenvalue weighted by Gasteiger charge is 2.12. The average Bonchev–Trinajstić information content (AvgIpc) is 2.85. The molecule has 0 N–H and O–H groups in total. The zero-order chi connectivity index (χ0) is 24.1. The maximum absolute atomic E-state index is 12.9. The van der Waals surface area contributed by atoms with E-state index >= 15 is 0 Å². The van der Waals surface area contributed by atoms with Gasteiger partial charge in [0.25, 0.3) is 0 Å². The summed E-state index contributed by atoms with van der Waals surface area (Å²) in [5.41, 5.74) is 3.14. The van der Waals surface area contributed by atoms with Gasteiger partial charge in [-0.15, -0.1) is 0 Å². The molecule has 3 aromatic carbocycles. The first-order chi connectivity index (χ1) is 16.4. The predicted molar refractivity (Wildman–Crippen MR) is 134 cm³/mol. The van der Waals surface area contributed by atoms with Crippen molar-refractivity contribution < 1.29 is 18.7 Å². The summed E-state index contributed by atoms with van der Waals surface area (Å²) in [6.07, 6.45) is 5.13. The van der Waals surface area contributed by atoms with Crippen LogP contribution in [0.15, 0.2) is 88.3 Å². The van der Waals surface area contributed by atoms with Crippen LogP contribution in [0.2, 0.25) is 0 Å². The SMILES string of the molecule is CCc1ccccc1Oc1coc2cc(OC(=O)C=Cc3ccc(C(C)C)cc3)ccc2c1=O. The largest absolute Gasteiger partial charge is 0.460 e. The first-order valence-electron chi connectivity index (χ1n) is 11.3. The predicted octanol–water partition coefficient (Wildman–Crippen LogP) is 6.89. The molecule has 0 radical (unpaired) electrons. The van der Waals surface area contributed by atoms with Crippen LogP contribution in [0.4, 0.5) is 0 Å². The minimum atomic E-state index is -0.522. The summed E-state index contributed by atoms with van der Waals surface area (Å²) in [5.74, 6) is 0.930. The molecule has 0 saturated carbocycles. The van der Waals surface area contributed by atoms with E-state index in [9.17, 15) is 9.59 Å². The van der Waals surface area contributed by atoms with Crippen molar-refractivity contribution in [3.8, 4) is 17.2 Å². The van der Waals surface area contributed by atoms with Gasteiger partial charge in [0.2, 0.25) is 11.2 Å². The van der Waals surface area contributed by atoms with E-state index in [1.807, 2.05) is 55.5 Å². The number of hydrogen-bond acceptors (Lipinski definition) is 5. The van der Waals surface area contributed by atoms with Crippen LogP contribution >= 0.6 is 0 Å². The summed E-state index contributed by atoms with van der Waals surface area (Å²) in [6, 6.07) is 20.2. The molecule has 5 heteroatoms. The molecular formula is C29H26O5. The Morgan fingerprint density at radius 1 is 1.00 bits per heavy atom. The van der Waals surface area contributed by atoms with Gasteiger partial charge in [0.1, 0.15) is 23.3 Å². The molecule has 172 valence electrons. The molecule has 0 aliphatic carbocycles. The molecule has 4 rings (SSSR count). The molecular weight excluding hydrogens is 428 g/mol. The first kappa shape index (κ1) is 23.1. The van der Waals surface area contributed by atoms with Crippen LogP contribution in [0.5, 0.6) is 17.2 Å². The number of rotatable bonds is 7. The zero-order valence-corrected chi connectivity index (χ0v) is 19.4. The van der Waals surface area contributed by atoms with Crippen LogP contribution in [0.3, 0.4) is 0 Å². The standard InChI is InChI=1S/C29H26O5/c1-4-21-7-5-6-8-25(21)34-27-18-32-26-17-23(14-15-24(26)29(27)31)33-28(30)16-11-20-9-12-22(13-10-20)19(2)3/h5-19H,4H2,1-3H3. The number of aryl methyl sites for hydroxylation is 1.